The minimum Gasteiger partial charge on any atom is -0.469 e. The number of piperidine rings is 1. The zero-order valence-corrected chi connectivity index (χ0v) is 13.8. The molecule has 2 rings (SSSR count). The lowest BCUT2D eigenvalue weighted by Crippen LogP contribution is -2.40. The first-order valence-electron chi connectivity index (χ1n) is 6.39. The molecular weight excluding hydrogens is 365 g/mol. The zero-order chi connectivity index (χ0) is 15.6. The van der Waals surface area contributed by atoms with E-state index in [0.717, 1.165) is 6.07 Å². The zero-order valence-electron chi connectivity index (χ0n) is 11.4. The van der Waals surface area contributed by atoms with Crippen LogP contribution in [0.3, 0.4) is 0 Å². The van der Waals surface area contributed by atoms with Crippen molar-refractivity contribution in [1.29, 1.82) is 0 Å². The first-order chi connectivity index (χ1) is 9.86. The third kappa shape index (κ3) is 3.44. The predicted octanol–water partition coefficient (Wildman–Crippen LogP) is 2.16. The first kappa shape index (κ1) is 16.4. The number of carbonyl (C=O) groups excluding carboxylic acids is 1. The highest BCUT2D eigenvalue weighted by Crippen LogP contribution is 2.26. The Bertz CT molecular complexity index is 642. The molecule has 0 bridgehead atoms. The highest BCUT2D eigenvalue weighted by Gasteiger charge is 2.32. The van der Waals surface area contributed by atoms with Gasteiger partial charge < -0.3 is 4.74 Å². The van der Waals surface area contributed by atoms with E-state index < -0.39 is 15.8 Å². The maximum Gasteiger partial charge on any atom is 0.308 e. The molecule has 1 aromatic carbocycles. The predicted molar refractivity (Wildman–Crippen MR) is 77.6 cm³/mol. The van der Waals surface area contributed by atoms with Crippen LogP contribution in [0.2, 0.25) is 0 Å². The van der Waals surface area contributed by atoms with E-state index in [0.29, 0.717) is 12.8 Å². The number of sulfonamides is 1. The largest absolute Gasteiger partial charge is 0.469 e. The minimum absolute atomic E-state index is 0.0836. The average Bonchev–Trinajstić information content (AvgIpc) is 2.49. The van der Waals surface area contributed by atoms with E-state index in [9.17, 15) is 17.6 Å². The summed E-state index contributed by atoms with van der Waals surface area (Å²) in [7, 11) is -2.42. The van der Waals surface area contributed by atoms with Gasteiger partial charge in [0.2, 0.25) is 10.0 Å². The molecule has 1 aliphatic heterocycles. The number of hydrogen-bond acceptors (Lipinski definition) is 4. The Morgan fingerprint density at radius 1 is 1.38 bits per heavy atom. The summed E-state index contributed by atoms with van der Waals surface area (Å²) in [6.07, 6.45) is 0.815. The Balaban J connectivity index is 2.14. The molecule has 1 fully saturated rings. The molecule has 1 aromatic rings. The van der Waals surface area contributed by atoms with Crippen molar-refractivity contribution < 1.29 is 22.3 Å². The first-order valence-corrected chi connectivity index (χ1v) is 8.62. The molecular formula is C13H15BrFNO4S. The summed E-state index contributed by atoms with van der Waals surface area (Å²) in [5.74, 6) is -1.22. The third-order valence-corrected chi connectivity index (χ3v) is 6.06. The maximum absolute atomic E-state index is 13.5. The Hall–Kier alpha value is -0.990. The SMILES string of the molecule is COC(=O)C1CCN(S(=O)(=O)c2ccc(Br)c(F)c2)CC1. The Morgan fingerprint density at radius 2 is 2.00 bits per heavy atom. The highest BCUT2D eigenvalue weighted by atomic mass is 79.9. The Labute approximate surface area is 131 Å². The van der Waals surface area contributed by atoms with Gasteiger partial charge in [-0.2, -0.15) is 4.31 Å². The molecule has 0 amide bonds. The average molecular weight is 380 g/mol. The van der Waals surface area contributed by atoms with Crippen molar-refractivity contribution in [2.24, 2.45) is 5.92 Å². The molecule has 0 atom stereocenters. The van der Waals surface area contributed by atoms with Crippen LogP contribution in [-0.2, 0) is 19.6 Å². The standard InChI is InChI=1S/C13H15BrFNO4S/c1-20-13(17)9-4-6-16(7-5-9)21(18,19)10-2-3-11(14)12(15)8-10/h2-3,8-9H,4-7H2,1H3. The van der Waals surface area contributed by atoms with Crippen LogP contribution >= 0.6 is 15.9 Å². The molecule has 0 saturated carbocycles. The van der Waals surface area contributed by atoms with Crippen molar-refractivity contribution in [2.75, 3.05) is 20.2 Å². The molecule has 0 radical (unpaired) electrons. The number of benzene rings is 1. The second kappa shape index (κ2) is 6.41. The molecule has 1 saturated heterocycles. The smallest absolute Gasteiger partial charge is 0.308 e. The number of nitrogens with zero attached hydrogens (tertiary/aromatic N) is 1. The number of carbonyl (C=O) groups is 1. The molecule has 0 aromatic heterocycles. The van der Waals surface area contributed by atoms with Crippen molar-refractivity contribution in [3.8, 4) is 0 Å². The van der Waals surface area contributed by atoms with Crippen LogP contribution < -0.4 is 0 Å². The van der Waals surface area contributed by atoms with Gasteiger partial charge >= 0.3 is 5.97 Å². The quantitative estimate of drug-likeness (QED) is 0.754. The van der Waals surface area contributed by atoms with Crippen molar-refractivity contribution in [1.82, 2.24) is 4.31 Å². The van der Waals surface area contributed by atoms with Crippen molar-refractivity contribution in [3.05, 3.63) is 28.5 Å². The molecule has 0 aliphatic carbocycles. The molecule has 1 aliphatic rings. The van der Waals surface area contributed by atoms with E-state index in [-0.39, 0.29) is 34.3 Å². The van der Waals surface area contributed by atoms with Crippen molar-refractivity contribution in [2.45, 2.75) is 17.7 Å². The van der Waals surface area contributed by atoms with Crippen molar-refractivity contribution >= 4 is 31.9 Å². The number of ether oxygens (including phenoxy) is 1. The maximum atomic E-state index is 13.5. The lowest BCUT2D eigenvalue weighted by Gasteiger charge is -2.29. The summed E-state index contributed by atoms with van der Waals surface area (Å²) in [6.45, 7) is 0.444. The molecule has 0 N–H and O–H groups in total. The van der Waals surface area contributed by atoms with Crippen LogP contribution in [0.25, 0.3) is 0 Å². The van der Waals surface area contributed by atoms with E-state index in [4.69, 9.17) is 0 Å². The van der Waals surface area contributed by atoms with Gasteiger partial charge in [-0.25, -0.2) is 12.8 Å². The molecule has 116 valence electrons. The summed E-state index contributed by atoms with van der Waals surface area (Å²) < 4.78 is 44.5. The summed E-state index contributed by atoms with van der Waals surface area (Å²) in [5, 5.41) is 0. The molecule has 0 spiro atoms. The molecule has 21 heavy (non-hydrogen) atoms. The number of methoxy groups -OCH3 is 1. The van der Waals surface area contributed by atoms with Gasteiger partial charge in [0.25, 0.3) is 0 Å². The Morgan fingerprint density at radius 3 is 2.52 bits per heavy atom. The fourth-order valence-corrected chi connectivity index (χ4v) is 4.01. The van der Waals surface area contributed by atoms with Gasteiger partial charge in [0, 0.05) is 13.1 Å². The normalized spacial score (nSPS) is 17.7. The van der Waals surface area contributed by atoms with Gasteiger partial charge in [0.1, 0.15) is 5.82 Å². The van der Waals surface area contributed by atoms with Gasteiger partial charge in [0.05, 0.1) is 22.4 Å². The van der Waals surface area contributed by atoms with E-state index in [1.54, 1.807) is 0 Å². The molecule has 8 heteroatoms. The van der Waals surface area contributed by atoms with Gasteiger partial charge in [-0.15, -0.1) is 0 Å². The monoisotopic (exact) mass is 379 g/mol. The van der Waals surface area contributed by atoms with Crippen molar-refractivity contribution in [3.63, 3.8) is 0 Å². The summed E-state index contributed by atoms with van der Waals surface area (Å²) in [5.41, 5.74) is 0. The van der Waals surface area contributed by atoms with Gasteiger partial charge in [0.15, 0.2) is 0 Å². The number of rotatable bonds is 3. The van der Waals surface area contributed by atoms with Gasteiger partial charge in [-0.1, -0.05) is 0 Å². The Kier molecular flexibility index (Phi) is 5.00. The topological polar surface area (TPSA) is 63.7 Å². The number of hydrogen-bond donors (Lipinski definition) is 0. The third-order valence-electron chi connectivity index (χ3n) is 3.52. The second-order valence-corrected chi connectivity index (χ2v) is 7.57. The molecule has 1 heterocycles. The summed E-state index contributed by atoms with van der Waals surface area (Å²) in [6, 6.07) is 3.71. The van der Waals surface area contributed by atoms with E-state index in [2.05, 4.69) is 20.7 Å². The van der Waals surface area contributed by atoms with Crippen LogP contribution in [0.4, 0.5) is 4.39 Å². The minimum atomic E-state index is -3.74. The fraction of sp³-hybridized carbons (Fsp3) is 0.462. The number of esters is 1. The van der Waals surface area contributed by atoms with Gasteiger partial charge in [-0.05, 0) is 47.0 Å². The van der Waals surface area contributed by atoms with Crippen LogP contribution in [0.1, 0.15) is 12.8 Å². The fourth-order valence-electron chi connectivity index (χ4n) is 2.28. The molecule has 0 unspecified atom stereocenters. The van der Waals surface area contributed by atoms with E-state index >= 15 is 0 Å². The highest BCUT2D eigenvalue weighted by molar-refractivity contribution is 9.10. The second-order valence-electron chi connectivity index (χ2n) is 4.78. The van der Waals surface area contributed by atoms with Crippen LogP contribution in [0.15, 0.2) is 27.6 Å². The lowest BCUT2D eigenvalue weighted by atomic mass is 9.99. The lowest BCUT2D eigenvalue weighted by molar-refractivity contribution is -0.146. The summed E-state index contributed by atoms with van der Waals surface area (Å²) >= 11 is 2.99. The molecule has 5 nitrogen and oxygen atoms in total. The number of halogens is 2. The van der Waals surface area contributed by atoms with E-state index in [1.165, 1.54) is 23.5 Å². The van der Waals surface area contributed by atoms with Gasteiger partial charge in [-0.3, -0.25) is 4.79 Å². The van der Waals surface area contributed by atoms with Crippen LogP contribution in [-0.4, -0.2) is 38.9 Å². The summed E-state index contributed by atoms with van der Waals surface area (Å²) in [4.78, 5) is 11.3. The van der Waals surface area contributed by atoms with E-state index in [1.807, 2.05) is 0 Å². The van der Waals surface area contributed by atoms with Crippen LogP contribution in [0, 0.1) is 11.7 Å². The van der Waals surface area contributed by atoms with Crippen LogP contribution in [0.5, 0.6) is 0 Å².